The Hall–Kier alpha value is -3.88. The Labute approximate surface area is 204 Å². The smallest absolute Gasteiger partial charge is 0.263 e. The van der Waals surface area contributed by atoms with Gasteiger partial charge in [-0.05, 0) is 47.4 Å². The van der Waals surface area contributed by atoms with Gasteiger partial charge < -0.3 is 19.3 Å². The normalized spacial score (nSPS) is 12.6. The Bertz CT molecular complexity index is 1620. The van der Waals surface area contributed by atoms with Crippen LogP contribution in [0.25, 0.3) is 20.3 Å². The van der Waals surface area contributed by atoms with Gasteiger partial charge in [-0.15, -0.1) is 11.3 Å². The van der Waals surface area contributed by atoms with E-state index in [1.165, 1.54) is 11.3 Å². The van der Waals surface area contributed by atoms with E-state index in [-0.39, 0.29) is 24.7 Å². The standard InChI is InChI=1S/C27H22N2O5S/c1-32-14-23-28-26-24(27(31)29(23)13-17-7-8-21-22(12-17)34-15-33-21)19-10-18(11-20(30)25(19)35-26)9-16-5-3-2-4-6-16/h2-8,10-12,30H,9,13-15H2,1H3. The second-order valence-corrected chi connectivity index (χ2v) is 9.48. The molecule has 1 aliphatic heterocycles. The molecule has 0 unspecified atom stereocenters. The van der Waals surface area contributed by atoms with Crippen LogP contribution < -0.4 is 15.0 Å². The number of phenolic OH excluding ortho intramolecular Hbond substituents is 1. The molecule has 8 heteroatoms. The average Bonchev–Trinajstić information content (AvgIpc) is 3.47. The third-order valence-electron chi connectivity index (χ3n) is 6.11. The highest BCUT2D eigenvalue weighted by molar-refractivity contribution is 7.25. The van der Waals surface area contributed by atoms with Crippen molar-refractivity contribution in [3.63, 3.8) is 0 Å². The third kappa shape index (κ3) is 3.90. The van der Waals surface area contributed by atoms with Crippen LogP contribution >= 0.6 is 11.3 Å². The topological polar surface area (TPSA) is 82.8 Å². The molecule has 7 nitrogen and oxygen atoms in total. The first-order valence-corrected chi connectivity index (χ1v) is 12.0. The summed E-state index contributed by atoms with van der Waals surface area (Å²) < 4.78 is 18.6. The van der Waals surface area contributed by atoms with Crippen LogP contribution in [0.5, 0.6) is 17.2 Å². The molecule has 0 radical (unpaired) electrons. The number of phenols is 1. The number of rotatable bonds is 6. The Kier molecular flexibility index (Phi) is 5.39. The second kappa shape index (κ2) is 8.72. The zero-order chi connectivity index (χ0) is 23.9. The lowest BCUT2D eigenvalue weighted by Gasteiger charge is -2.12. The Morgan fingerprint density at radius 1 is 1.03 bits per heavy atom. The number of fused-ring (bicyclic) bond motifs is 4. The number of nitrogens with zero attached hydrogens (tertiary/aromatic N) is 2. The molecular formula is C27H22N2O5S. The number of benzene rings is 3. The molecule has 0 amide bonds. The van der Waals surface area contributed by atoms with Gasteiger partial charge in [0.25, 0.3) is 5.56 Å². The third-order valence-corrected chi connectivity index (χ3v) is 7.24. The van der Waals surface area contributed by atoms with Gasteiger partial charge in [0.05, 0.1) is 16.6 Å². The van der Waals surface area contributed by atoms with Gasteiger partial charge in [-0.2, -0.15) is 0 Å². The predicted octanol–water partition coefficient (Wildman–Crippen LogP) is 4.83. The maximum Gasteiger partial charge on any atom is 0.263 e. The molecular weight excluding hydrogens is 464 g/mol. The number of aromatic hydroxyl groups is 1. The van der Waals surface area contributed by atoms with Crippen LogP contribution in [0.15, 0.2) is 65.5 Å². The molecule has 5 aromatic rings. The molecule has 0 fully saturated rings. The lowest BCUT2D eigenvalue weighted by molar-refractivity contribution is 0.173. The van der Waals surface area contributed by atoms with Gasteiger partial charge in [0.15, 0.2) is 11.5 Å². The van der Waals surface area contributed by atoms with Crippen molar-refractivity contribution in [2.75, 3.05) is 13.9 Å². The SMILES string of the molecule is COCc1nc2sc3c(O)cc(Cc4ccccc4)cc3c2c(=O)n1Cc1ccc2c(c1)OCO2. The van der Waals surface area contributed by atoms with Crippen molar-refractivity contribution in [2.45, 2.75) is 19.6 Å². The first-order valence-electron chi connectivity index (χ1n) is 11.2. The summed E-state index contributed by atoms with van der Waals surface area (Å²) >= 11 is 1.32. The summed E-state index contributed by atoms with van der Waals surface area (Å²) in [7, 11) is 1.58. The molecule has 0 saturated carbocycles. The molecule has 35 heavy (non-hydrogen) atoms. The van der Waals surface area contributed by atoms with Crippen molar-refractivity contribution in [1.29, 1.82) is 0 Å². The molecule has 3 heterocycles. The van der Waals surface area contributed by atoms with Crippen molar-refractivity contribution >= 4 is 31.6 Å². The minimum atomic E-state index is -0.165. The van der Waals surface area contributed by atoms with Gasteiger partial charge in [0, 0.05) is 12.5 Å². The van der Waals surface area contributed by atoms with E-state index in [9.17, 15) is 9.90 Å². The van der Waals surface area contributed by atoms with Crippen LogP contribution in [-0.4, -0.2) is 28.6 Å². The highest BCUT2D eigenvalue weighted by Gasteiger charge is 2.20. The summed E-state index contributed by atoms with van der Waals surface area (Å²) in [6.45, 7) is 0.691. The van der Waals surface area contributed by atoms with Gasteiger partial charge in [0.2, 0.25) is 6.79 Å². The average molecular weight is 487 g/mol. The number of aromatic nitrogens is 2. The minimum Gasteiger partial charge on any atom is -0.506 e. The first-order chi connectivity index (χ1) is 17.1. The fraction of sp³-hybridized carbons (Fsp3) is 0.185. The van der Waals surface area contributed by atoms with E-state index in [1.54, 1.807) is 17.7 Å². The fourth-order valence-corrected chi connectivity index (χ4v) is 5.58. The highest BCUT2D eigenvalue weighted by Crippen LogP contribution is 2.38. The molecule has 6 rings (SSSR count). The molecule has 3 aromatic carbocycles. The lowest BCUT2D eigenvalue weighted by atomic mass is 10.0. The second-order valence-electron chi connectivity index (χ2n) is 8.48. The Balaban J connectivity index is 1.50. The van der Waals surface area contributed by atoms with E-state index >= 15 is 0 Å². The maximum atomic E-state index is 13.9. The van der Waals surface area contributed by atoms with E-state index in [0.717, 1.165) is 22.1 Å². The van der Waals surface area contributed by atoms with Crippen molar-refractivity contribution < 1.29 is 19.3 Å². The van der Waals surface area contributed by atoms with E-state index in [1.807, 2.05) is 54.6 Å². The summed E-state index contributed by atoms with van der Waals surface area (Å²) in [6, 6.07) is 19.4. The van der Waals surface area contributed by atoms with Crippen LogP contribution in [0.2, 0.25) is 0 Å². The van der Waals surface area contributed by atoms with Crippen LogP contribution in [-0.2, 0) is 24.3 Å². The molecule has 176 valence electrons. The zero-order valence-electron chi connectivity index (χ0n) is 19.0. The molecule has 1 aliphatic rings. The van der Waals surface area contributed by atoms with Gasteiger partial charge in [-0.25, -0.2) is 4.98 Å². The Morgan fingerprint density at radius 2 is 1.86 bits per heavy atom. The van der Waals surface area contributed by atoms with Crippen LogP contribution in [0, 0.1) is 0 Å². The van der Waals surface area contributed by atoms with Gasteiger partial charge in [-0.1, -0.05) is 36.4 Å². The summed E-state index contributed by atoms with van der Waals surface area (Å²) in [5, 5.41) is 12.0. The van der Waals surface area contributed by atoms with Crippen LogP contribution in [0.3, 0.4) is 0 Å². The van der Waals surface area contributed by atoms with Gasteiger partial charge in [0.1, 0.15) is 23.0 Å². The van der Waals surface area contributed by atoms with Crippen molar-refractivity contribution in [3.8, 4) is 17.2 Å². The molecule has 0 saturated heterocycles. The molecule has 2 aromatic heterocycles. The highest BCUT2D eigenvalue weighted by atomic mass is 32.1. The molecule has 0 bridgehead atoms. The molecule has 0 aliphatic carbocycles. The molecule has 0 spiro atoms. The minimum absolute atomic E-state index is 0.159. The Morgan fingerprint density at radius 3 is 2.69 bits per heavy atom. The lowest BCUT2D eigenvalue weighted by Crippen LogP contribution is -2.26. The van der Waals surface area contributed by atoms with Crippen LogP contribution in [0.1, 0.15) is 22.5 Å². The van der Waals surface area contributed by atoms with E-state index in [2.05, 4.69) is 0 Å². The van der Waals surface area contributed by atoms with Crippen molar-refractivity contribution in [2.24, 2.45) is 0 Å². The fourth-order valence-electron chi connectivity index (χ4n) is 4.50. The predicted molar refractivity (Wildman–Crippen MR) is 135 cm³/mol. The zero-order valence-corrected chi connectivity index (χ0v) is 19.8. The van der Waals surface area contributed by atoms with E-state index in [4.69, 9.17) is 19.2 Å². The summed E-state index contributed by atoms with van der Waals surface area (Å²) in [5.74, 6) is 2.04. The largest absolute Gasteiger partial charge is 0.506 e. The number of hydrogen-bond donors (Lipinski definition) is 1. The van der Waals surface area contributed by atoms with E-state index < -0.39 is 0 Å². The number of methoxy groups -OCH3 is 1. The van der Waals surface area contributed by atoms with Crippen molar-refractivity contribution in [1.82, 2.24) is 9.55 Å². The summed E-state index contributed by atoms with van der Waals surface area (Å²) in [4.78, 5) is 19.2. The molecule has 1 N–H and O–H groups in total. The van der Waals surface area contributed by atoms with Crippen LogP contribution in [0.4, 0.5) is 0 Å². The summed E-state index contributed by atoms with van der Waals surface area (Å²) in [6.07, 6.45) is 0.655. The first kappa shape index (κ1) is 21.6. The maximum absolute atomic E-state index is 13.9. The quantitative estimate of drug-likeness (QED) is 0.370. The molecule has 0 atom stereocenters. The van der Waals surface area contributed by atoms with E-state index in [0.29, 0.717) is 45.2 Å². The monoisotopic (exact) mass is 486 g/mol. The van der Waals surface area contributed by atoms with Crippen molar-refractivity contribution in [3.05, 3.63) is 93.5 Å². The summed E-state index contributed by atoms with van der Waals surface area (Å²) in [5.41, 5.74) is 2.79. The van der Waals surface area contributed by atoms with Gasteiger partial charge >= 0.3 is 0 Å². The number of thiophene rings is 1. The van der Waals surface area contributed by atoms with Gasteiger partial charge in [-0.3, -0.25) is 9.36 Å². The number of ether oxygens (including phenoxy) is 3. The number of hydrogen-bond acceptors (Lipinski definition) is 7.